The molecular weight excluding hydrogens is 268 g/mol. The average Bonchev–Trinajstić information content (AvgIpc) is 2.72. The summed E-state index contributed by atoms with van der Waals surface area (Å²) >= 11 is 0. The summed E-state index contributed by atoms with van der Waals surface area (Å²) in [7, 11) is 0. The second kappa shape index (κ2) is 5.10. The lowest BCUT2D eigenvalue weighted by Gasteiger charge is -2.29. The summed E-state index contributed by atoms with van der Waals surface area (Å²) in [4.78, 5) is 12.0. The van der Waals surface area contributed by atoms with Crippen LogP contribution < -0.4 is 0 Å². The highest BCUT2D eigenvalue weighted by Gasteiger charge is 2.46. The molecule has 4 nitrogen and oxygen atoms in total. The van der Waals surface area contributed by atoms with Crippen LogP contribution in [-0.2, 0) is 14.3 Å². The first-order valence-corrected chi connectivity index (χ1v) is 7.43. The van der Waals surface area contributed by atoms with Gasteiger partial charge in [0.15, 0.2) is 0 Å². The molecule has 1 saturated heterocycles. The van der Waals surface area contributed by atoms with Gasteiger partial charge in [0.05, 0.1) is 0 Å². The van der Waals surface area contributed by atoms with Gasteiger partial charge in [-0.3, -0.25) is 0 Å². The number of esters is 1. The van der Waals surface area contributed by atoms with Crippen LogP contribution in [0.3, 0.4) is 0 Å². The first-order chi connectivity index (χ1) is 9.99. The smallest absolute Gasteiger partial charge is 0.377 e. The van der Waals surface area contributed by atoms with Crippen LogP contribution in [0.15, 0.2) is 17.9 Å². The van der Waals surface area contributed by atoms with Gasteiger partial charge >= 0.3 is 5.97 Å². The monoisotopic (exact) mass is 288 g/mol. The van der Waals surface area contributed by atoms with Crippen molar-refractivity contribution in [3.8, 4) is 5.75 Å². The Balaban J connectivity index is 1.88. The minimum atomic E-state index is -0.734. The van der Waals surface area contributed by atoms with Crippen molar-refractivity contribution < 1.29 is 19.4 Å². The summed E-state index contributed by atoms with van der Waals surface area (Å²) in [5, 5.41) is 9.80. The predicted octanol–water partition coefficient (Wildman–Crippen LogP) is 3.58. The standard InChI is InChI=1S/C17H20O4/c1-11-8-13(9-12(2)15(11)18)10-14-16(19)21-17(20-14)6-4-3-5-7-17/h8-10,18H,3-7H2,1-2H3/b14-10+. The van der Waals surface area contributed by atoms with Gasteiger partial charge in [-0.25, -0.2) is 4.79 Å². The molecule has 0 radical (unpaired) electrons. The summed E-state index contributed by atoms with van der Waals surface area (Å²) < 4.78 is 11.3. The molecule has 1 saturated carbocycles. The van der Waals surface area contributed by atoms with E-state index in [1.54, 1.807) is 6.08 Å². The summed E-state index contributed by atoms with van der Waals surface area (Å²) in [6.07, 6.45) is 6.45. The third-order valence-electron chi connectivity index (χ3n) is 4.20. The molecule has 2 fully saturated rings. The van der Waals surface area contributed by atoms with E-state index in [0.717, 1.165) is 48.8 Å². The molecule has 112 valence electrons. The molecule has 4 heteroatoms. The maximum atomic E-state index is 12.0. The number of aryl methyl sites for hydroxylation is 2. The molecule has 1 aromatic rings. The van der Waals surface area contributed by atoms with Crippen molar-refractivity contribution in [3.63, 3.8) is 0 Å². The molecule has 0 unspecified atom stereocenters. The summed E-state index contributed by atoms with van der Waals surface area (Å²) in [6.45, 7) is 3.67. The molecule has 2 aliphatic rings. The molecule has 3 rings (SSSR count). The SMILES string of the molecule is Cc1cc(/C=C2/OC3(CCCCC3)OC2=O)cc(C)c1O. The Bertz CT molecular complexity index is 586. The zero-order valence-electron chi connectivity index (χ0n) is 12.4. The van der Waals surface area contributed by atoms with Crippen molar-refractivity contribution in [2.24, 2.45) is 0 Å². The van der Waals surface area contributed by atoms with Crippen LogP contribution in [0.4, 0.5) is 0 Å². The van der Waals surface area contributed by atoms with E-state index in [2.05, 4.69) is 0 Å². The fourth-order valence-electron chi connectivity index (χ4n) is 3.09. The van der Waals surface area contributed by atoms with Crippen LogP contribution in [0, 0.1) is 13.8 Å². The van der Waals surface area contributed by atoms with Crippen LogP contribution in [-0.4, -0.2) is 16.9 Å². The van der Waals surface area contributed by atoms with Gasteiger partial charge in [-0.15, -0.1) is 0 Å². The van der Waals surface area contributed by atoms with Crippen molar-refractivity contribution >= 4 is 12.0 Å². The summed E-state index contributed by atoms with van der Waals surface area (Å²) in [5.74, 6) is -0.570. The Labute approximate surface area is 124 Å². The zero-order valence-corrected chi connectivity index (χ0v) is 12.4. The van der Waals surface area contributed by atoms with Crippen LogP contribution in [0.2, 0.25) is 0 Å². The van der Waals surface area contributed by atoms with Gasteiger partial charge in [0.2, 0.25) is 5.76 Å². The molecular formula is C17H20O4. The molecule has 1 aromatic carbocycles. The topological polar surface area (TPSA) is 55.8 Å². The van der Waals surface area contributed by atoms with Crippen molar-refractivity contribution in [2.45, 2.75) is 51.7 Å². The minimum Gasteiger partial charge on any atom is -0.507 e. The Morgan fingerprint density at radius 3 is 2.33 bits per heavy atom. The second-order valence-electron chi connectivity index (χ2n) is 5.97. The highest BCUT2D eigenvalue weighted by molar-refractivity contribution is 5.93. The largest absolute Gasteiger partial charge is 0.507 e. The maximum Gasteiger partial charge on any atom is 0.377 e. The number of benzene rings is 1. The number of hydrogen-bond acceptors (Lipinski definition) is 4. The van der Waals surface area contributed by atoms with Gasteiger partial charge in [-0.05, 0) is 61.6 Å². The molecule has 1 spiro atoms. The molecule has 1 aliphatic carbocycles. The van der Waals surface area contributed by atoms with E-state index in [1.807, 2.05) is 26.0 Å². The molecule has 1 aliphatic heterocycles. The lowest BCUT2D eigenvalue weighted by molar-refractivity contribution is -0.182. The minimum absolute atomic E-state index is 0.265. The van der Waals surface area contributed by atoms with E-state index in [-0.39, 0.29) is 17.5 Å². The van der Waals surface area contributed by atoms with Gasteiger partial charge in [0.1, 0.15) is 5.75 Å². The van der Waals surface area contributed by atoms with Gasteiger partial charge in [-0.1, -0.05) is 6.42 Å². The highest BCUT2D eigenvalue weighted by Crippen LogP contribution is 2.40. The van der Waals surface area contributed by atoms with Crippen molar-refractivity contribution in [1.29, 1.82) is 0 Å². The third kappa shape index (κ3) is 2.62. The lowest BCUT2D eigenvalue weighted by Crippen LogP contribution is -2.32. The van der Waals surface area contributed by atoms with E-state index in [1.165, 1.54) is 0 Å². The van der Waals surface area contributed by atoms with E-state index < -0.39 is 5.79 Å². The lowest BCUT2D eigenvalue weighted by atomic mass is 9.94. The van der Waals surface area contributed by atoms with Crippen molar-refractivity contribution in [3.05, 3.63) is 34.6 Å². The number of carbonyl (C=O) groups excluding carboxylic acids is 1. The first-order valence-electron chi connectivity index (χ1n) is 7.43. The van der Waals surface area contributed by atoms with Crippen LogP contribution in [0.1, 0.15) is 48.8 Å². The van der Waals surface area contributed by atoms with E-state index in [9.17, 15) is 9.90 Å². The van der Waals surface area contributed by atoms with Gasteiger partial charge in [0, 0.05) is 12.8 Å². The Kier molecular flexibility index (Phi) is 3.40. The number of rotatable bonds is 1. The molecule has 0 bridgehead atoms. The molecule has 0 atom stereocenters. The van der Waals surface area contributed by atoms with Gasteiger partial charge < -0.3 is 14.6 Å². The molecule has 0 aromatic heterocycles. The van der Waals surface area contributed by atoms with Gasteiger partial charge in [0.25, 0.3) is 5.79 Å². The fourth-order valence-corrected chi connectivity index (χ4v) is 3.09. The van der Waals surface area contributed by atoms with E-state index in [0.29, 0.717) is 0 Å². The summed E-state index contributed by atoms with van der Waals surface area (Å²) in [5.41, 5.74) is 2.39. The molecule has 21 heavy (non-hydrogen) atoms. The number of phenols is 1. The first kappa shape index (κ1) is 14.0. The van der Waals surface area contributed by atoms with Crippen LogP contribution in [0.25, 0.3) is 6.08 Å². The van der Waals surface area contributed by atoms with Crippen molar-refractivity contribution in [2.75, 3.05) is 0 Å². The normalized spacial score (nSPS) is 22.4. The Morgan fingerprint density at radius 2 is 1.71 bits per heavy atom. The fraction of sp³-hybridized carbons (Fsp3) is 0.471. The second-order valence-corrected chi connectivity index (χ2v) is 5.97. The average molecular weight is 288 g/mol. The summed E-state index contributed by atoms with van der Waals surface area (Å²) in [6, 6.07) is 3.66. The third-order valence-corrected chi connectivity index (χ3v) is 4.20. The Morgan fingerprint density at radius 1 is 1.10 bits per heavy atom. The Hall–Kier alpha value is -1.97. The quantitative estimate of drug-likeness (QED) is 0.634. The molecule has 0 amide bonds. The predicted molar refractivity (Wildman–Crippen MR) is 78.6 cm³/mol. The van der Waals surface area contributed by atoms with Crippen LogP contribution >= 0.6 is 0 Å². The van der Waals surface area contributed by atoms with E-state index in [4.69, 9.17) is 9.47 Å². The molecule has 1 N–H and O–H groups in total. The zero-order chi connectivity index (χ0) is 15.0. The van der Waals surface area contributed by atoms with E-state index >= 15 is 0 Å². The number of carbonyl (C=O) groups is 1. The van der Waals surface area contributed by atoms with Gasteiger partial charge in [-0.2, -0.15) is 0 Å². The molecule has 1 heterocycles. The number of hydrogen-bond donors (Lipinski definition) is 1. The number of aromatic hydroxyl groups is 1. The maximum absolute atomic E-state index is 12.0. The number of phenolic OH excluding ortho intramolecular Hbond substituents is 1. The van der Waals surface area contributed by atoms with Crippen molar-refractivity contribution in [1.82, 2.24) is 0 Å². The van der Waals surface area contributed by atoms with Crippen LogP contribution in [0.5, 0.6) is 5.75 Å². The number of ether oxygens (including phenoxy) is 2. The highest BCUT2D eigenvalue weighted by atomic mass is 16.8.